The van der Waals surface area contributed by atoms with Gasteiger partial charge in [0, 0.05) is 44.8 Å². The van der Waals surface area contributed by atoms with Crippen LogP contribution in [-0.2, 0) is 13.1 Å². The molecule has 1 aromatic heterocycles. The standard InChI is InChI=1S/C18H25N5O/c24-18(21-7-1-2-8-21)22-11-13-3-6-17(20-16(13)12-22)23-14-4-5-15(23)10-19-9-14/h3,6,14-15,19H,1-2,4-5,7-12H2. The van der Waals surface area contributed by atoms with E-state index in [-0.39, 0.29) is 6.03 Å². The summed E-state index contributed by atoms with van der Waals surface area (Å²) < 4.78 is 0. The predicted octanol–water partition coefficient (Wildman–Crippen LogP) is 1.55. The van der Waals surface area contributed by atoms with E-state index in [4.69, 9.17) is 4.98 Å². The molecule has 6 heteroatoms. The van der Waals surface area contributed by atoms with Crippen LogP contribution in [0.2, 0.25) is 0 Å². The molecule has 128 valence electrons. The first-order chi connectivity index (χ1) is 11.8. The van der Waals surface area contributed by atoms with Crippen LogP contribution in [-0.4, -0.2) is 59.1 Å². The lowest BCUT2D eigenvalue weighted by atomic mass is 10.2. The van der Waals surface area contributed by atoms with Crippen molar-refractivity contribution in [1.82, 2.24) is 20.1 Å². The minimum absolute atomic E-state index is 0.189. The van der Waals surface area contributed by atoms with Crippen LogP contribution in [0, 0.1) is 0 Å². The molecular formula is C18H25N5O. The molecule has 0 saturated carbocycles. The Morgan fingerprint density at radius 1 is 1.04 bits per heavy atom. The van der Waals surface area contributed by atoms with E-state index in [9.17, 15) is 4.79 Å². The molecule has 0 spiro atoms. The number of hydrogen-bond donors (Lipinski definition) is 1. The molecule has 5 heterocycles. The lowest BCUT2D eigenvalue weighted by molar-refractivity contribution is 0.162. The van der Waals surface area contributed by atoms with Crippen molar-refractivity contribution >= 4 is 11.8 Å². The van der Waals surface area contributed by atoms with Crippen LogP contribution < -0.4 is 10.2 Å². The van der Waals surface area contributed by atoms with E-state index < -0.39 is 0 Å². The van der Waals surface area contributed by atoms with Crippen LogP contribution in [0.3, 0.4) is 0 Å². The fraction of sp³-hybridized carbons (Fsp3) is 0.667. The van der Waals surface area contributed by atoms with Gasteiger partial charge in [-0.05, 0) is 37.3 Å². The molecule has 6 nitrogen and oxygen atoms in total. The molecule has 3 saturated heterocycles. The summed E-state index contributed by atoms with van der Waals surface area (Å²) in [7, 11) is 0. The summed E-state index contributed by atoms with van der Waals surface area (Å²) in [4.78, 5) is 24.0. The molecule has 2 amide bonds. The fourth-order valence-electron chi connectivity index (χ4n) is 4.78. The third-order valence-corrected chi connectivity index (χ3v) is 6.05. The fourth-order valence-corrected chi connectivity index (χ4v) is 4.78. The molecule has 0 aromatic carbocycles. The summed E-state index contributed by atoms with van der Waals surface area (Å²) in [5.74, 6) is 1.11. The summed E-state index contributed by atoms with van der Waals surface area (Å²) in [6.45, 7) is 5.33. The summed E-state index contributed by atoms with van der Waals surface area (Å²) in [6.07, 6.45) is 4.80. The number of urea groups is 1. The Hall–Kier alpha value is -1.82. The Labute approximate surface area is 142 Å². The lowest BCUT2D eigenvalue weighted by Gasteiger charge is -2.36. The van der Waals surface area contributed by atoms with E-state index >= 15 is 0 Å². The van der Waals surface area contributed by atoms with Crippen molar-refractivity contribution in [2.45, 2.75) is 50.9 Å². The van der Waals surface area contributed by atoms with Crippen LogP contribution in [0.25, 0.3) is 0 Å². The van der Waals surface area contributed by atoms with E-state index in [1.54, 1.807) is 0 Å². The molecule has 5 rings (SSSR count). The Kier molecular flexibility index (Phi) is 3.40. The zero-order chi connectivity index (χ0) is 16.1. The third kappa shape index (κ3) is 2.27. The Morgan fingerprint density at radius 2 is 1.79 bits per heavy atom. The third-order valence-electron chi connectivity index (χ3n) is 6.05. The Bertz CT molecular complexity index is 641. The summed E-state index contributed by atoms with van der Waals surface area (Å²) in [5, 5.41) is 3.52. The maximum absolute atomic E-state index is 12.6. The monoisotopic (exact) mass is 327 g/mol. The van der Waals surface area contributed by atoms with Gasteiger partial charge in [0.2, 0.25) is 0 Å². The van der Waals surface area contributed by atoms with Gasteiger partial charge in [-0.15, -0.1) is 0 Å². The Morgan fingerprint density at radius 3 is 2.54 bits per heavy atom. The highest BCUT2D eigenvalue weighted by Crippen LogP contribution is 2.33. The van der Waals surface area contributed by atoms with Crippen molar-refractivity contribution in [3.05, 3.63) is 23.4 Å². The predicted molar refractivity (Wildman–Crippen MR) is 91.8 cm³/mol. The van der Waals surface area contributed by atoms with Gasteiger partial charge in [0.15, 0.2) is 0 Å². The second-order valence-corrected chi connectivity index (χ2v) is 7.56. The summed E-state index contributed by atoms with van der Waals surface area (Å²) >= 11 is 0. The van der Waals surface area contributed by atoms with Gasteiger partial charge in [-0.1, -0.05) is 6.07 Å². The SMILES string of the molecule is O=C(N1CCCC1)N1Cc2ccc(N3C4CCC3CNC4)nc2C1. The van der Waals surface area contributed by atoms with Gasteiger partial charge in [-0.2, -0.15) is 0 Å². The van der Waals surface area contributed by atoms with E-state index in [2.05, 4.69) is 22.3 Å². The maximum Gasteiger partial charge on any atom is 0.320 e. The van der Waals surface area contributed by atoms with Gasteiger partial charge in [-0.25, -0.2) is 9.78 Å². The summed E-state index contributed by atoms with van der Waals surface area (Å²) in [5.41, 5.74) is 2.31. The van der Waals surface area contributed by atoms with Crippen molar-refractivity contribution in [3.63, 3.8) is 0 Å². The van der Waals surface area contributed by atoms with Crippen molar-refractivity contribution in [2.24, 2.45) is 0 Å². The van der Waals surface area contributed by atoms with Crippen molar-refractivity contribution in [2.75, 3.05) is 31.1 Å². The molecular weight excluding hydrogens is 302 g/mol. The molecule has 0 radical (unpaired) electrons. The first kappa shape index (κ1) is 14.5. The number of rotatable bonds is 1. The molecule has 4 aliphatic heterocycles. The molecule has 4 aliphatic rings. The van der Waals surface area contributed by atoms with Crippen LogP contribution in [0.1, 0.15) is 36.9 Å². The van der Waals surface area contributed by atoms with Gasteiger partial charge < -0.3 is 20.0 Å². The van der Waals surface area contributed by atoms with Gasteiger partial charge in [0.25, 0.3) is 0 Å². The molecule has 24 heavy (non-hydrogen) atoms. The topological polar surface area (TPSA) is 51.7 Å². The number of hydrogen-bond acceptors (Lipinski definition) is 4. The van der Waals surface area contributed by atoms with E-state index in [1.165, 1.54) is 18.4 Å². The van der Waals surface area contributed by atoms with E-state index in [0.29, 0.717) is 25.2 Å². The highest BCUT2D eigenvalue weighted by molar-refractivity contribution is 5.75. The van der Waals surface area contributed by atoms with Crippen LogP contribution in [0.5, 0.6) is 0 Å². The van der Waals surface area contributed by atoms with Gasteiger partial charge in [0.05, 0.1) is 12.2 Å². The van der Waals surface area contributed by atoms with Crippen LogP contribution in [0.4, 0.5) is 10.6 Å². The molecule has 3 fully saturated rings. The van der Waals surface area contributed by atoms with Gasteiger partial charge >= 0.3 is 6.03 Å². The number of likely N-dealkylation sites (tertiary alicyclic amines) is 1. The first-order valence-electron chi connectivity index (χ1n) is 9.31. The molecule has 2 unspecified atom stereocenters. The number of pyridine rings is 1. The average Bonchev–Trinajstić information content (AvgIpc) is 3.31. The molecule has 2 bridgehead atoms. The Balaban J connectivity index is 1.35. The second kappa shape index (κ2) is 5.62. The zero-order valence-electron chi connectivity index (χ0n) is 14.1. The molecule has 1 aromatic rings. The van der Waals surface area contributed by atoms with E-state index in [1.807, 2.05) is 9.80 Å². The van der Waals surface area contributed by atoms with Gasteiger partial charge in [0.1, 0.15) is 5.82 Å². The van der Waals surface area contributed by atoms with Crippen LogP contribution >= 0.6 is 0 Å². The number of amides is 2. The molecule has 2 atom stereocenters. The van der Waals surface area contributed by atoms with E-state index in [0.717, 1.165) is 50.5 Å². The highest BCUT2D eigenvalue weighted by Gasteiger charge is 2.38. The number of carbonyl (C=O) groups excluding carboxylic acids is 1. The number of aromatic nitrogens is 1. The van der Waals surface area contributed by atoms with Crippen molar-refractivity contribution < 1.29 is 4.79 Å². The number of nitrogens with one attached hydrogen (secondary N) is 1. The van der Waals surface area contributed by atoms with Crippen molar-refractivity contribution in [3.8, 4) is 0 Å². The number of anilines is 1. The maximum atomic E-state index is 12.6. The number of carbonyl (C=O) groups is 1. The number of nitrogens with zero attached hydrogens (tertiary/aromatic N) is 4. The average molecular weight is 327 g/mol. The highest BCUT2D eigenvalue weighted by atomic mass is 16.2. The lowest BCUT2D eigenvalue weighted by Crippen LogP contribution is -2.52. The quantitative estimate of drug-likeness (QED) is 0.850. The number of piperazine rings is 1. The van der Waals surface area contributed by atoms with Gasteiger partial charge in [-0.3, -0.25) is 0 Å². The minimum atomic E-state index is 0.189. The number of fused-ring (bicyclic) bond motifs is 3. The van der Waals surface area contributed by atoms with Crippen molar-refractivity contribution in [1.29, 1.82) is 0 Å². The normalized spacial score (nSPS) is 28.6. The molecule has 0 aliphatic carbocycles. The molecule has 1 N–H and O–H groups in total. The second-order valence-electron chi connectivity index (χ2n) is 7.56. The smallest absolute Gasteiger partial charge is 0.320 e. The summed E-state index contributed by atoms with van der Waals surface area (Å²) in [6, 6.07) is 5.71. The van der Waals surface area contributed by atoms with Crippen LogP contribution in [0.15, 0.2) is 12.1 Å². The largest absolute Gasteiger partial charge is 0.348 e. The zero-order valence-corrected chi connectivity index (χ0v) is 14.1. The minimum Gasteiger partial charge on any atom is -0.348 e. The first-order valence-corrected chi connectivity index (χ1v) is 9.31.